The molecular formula is C20H17F2N5O. The van der Waals surface area contributed by atoms with Crippen molar-refractivity contribution in [1.29, 1.82) is 0 Å². The van der Waals surface area contributed by atoms with Gasteiger partial charge in [-0.3, -0.25) is 9.38 Å². The number of pyridine rings is 2. The number of methoxy groups -OCH3 is 1. The first-order valence-electron chi connectivity index (χ1n) is 8.61. The average molecular weight is 381 g/mol. The largest absolute Gasteiger partial charge is 0.496 e. The van der Waals surface area contributed by atoms with Gasteiger partial charge in [0.25, 0.3) is 0 Å². The van der Waals surface area contributed by atoms with E-state index in [0.29, 0.717) is 39.6 Å². The third-order valence-electron chi connectivity index (χ3n) is 4.51. The fourth-order valence-electron chi connectivity index (χ4n) is 3.14. The van der Waals surface area contributed by atoms with Crippen LogP contribution in [0.4, 0.5) is 14.6 Å². The molecule has 1 N–H and O–H groups in total. The molecule has 0 unspecified atom stereocenters. The Bertz CT molecular complexity index is 1130. The fourth-order valence-corrected chi connectivity index (χ4v) is 3.14. The minimum absolute atomic E-state index is 0.213. The molecule has 0 fully saturated rings. The van der Waals surface area contributed by atoms with Gasteiger partial charge in [-0.25, -0.2) is 8.78 Å². The van der Waals surface area contributed by atoms with Crippen LogP contribution in [0.15, 0.2) is 55.0 Å². The molecule has 6 nitrogen and oxygen atoms in total. The summed E-state index contributed by atoms with van der Waals surface area (Å²) in [7, 11) is 1.50. The van der Waals surface area contributed by atoms with Crippen molar-refractivity contribution in [1.82, 2.24) is 19.6 Å². The number of anilines is 1. The molecule has 8 heteroatoms. The van der Waals surface area contributed by atoms with Crippen molar-refractivity contribution in [2.24, 2.45) is 0 Å². The van der Waals surface area contributed by atoms with Crippen molar-refractivity contribution in [3.05, 3.63) is 72.1 Å². The SMILES string of the molecule is COc1cccc(F)c1CNc1ccc(-c2cccnc2CF)c2nncn12. The highest BCUT2D eigenvalue weighted by molar-refractivity contribution is 5.80. The zero-order chi connectivity index (χ0) is 19.5. The number of halogens is 2. The Kier molecular flexibility index (Phi) is 4.84. The predicted octanol–water partition coefficient (Wildman–Crippen LogP) is 4.02. The summed E-state index contributed by atoms with van der Waals surface area (Å²) in [4.78, 5) is 4.09. The number of fused-ring (bicyclic) bond motifs is 1. The number of aromatic nitrogens is 4. The van der Waals surface area contributed by atoms with Crippen LogP contribution >= 0.6 is 0 Å². The second-order valence-corrected chi connectivity index (χ2v) is 6.06. The van der Waals surface area contributed by atoms with E-state index in [1.807, 2.05) is 12.1 Å². The van der Waals surface area contributed by atoms with Crippen LogP contribution in [0.25, 0.3) is 16.8 Å². The van der Waals surface area contributed by atoms with Gasteiger partial charge < -0.3 is 10.1 Å². The van der Waals surface area contributed by atoms with Gasteiger partial charge in [0.2, 0.25) is 0 Å². The molecule has 0 amide bonds. The van der Waals surface area contributed by atoms with Crippen molar-refractivity contribution >= 4 is 11.5 Å². The Balaban J connectivity index is 1.71. The van der Waals surface area contributed by atoms with Crippen molar-refractivity contribution in [3.63, 3.8) is 0 Å². The molecule has 0 aliphatic rings. The number of hydrogen-bond donors (Lipinski definition) is 1. The fraction of sp³-hybridized carbons (Fsp3) is 0.150. The highest BCUT2D eigenvalue weighted by atomic mass is 19.1. The maximum absolute atomic E-state index is 14.2. The number of alkyl halides is 1. The van der Waals surface area contributed by atoms with Crippen molar-refractivity contribution in [2.45, 2.75) is 13.2 Å². The van der Waals surface area contributed by atoms with Gasteiger partial charge in [0.05, 0.1) is 12.8 Å². The van der Waals surface area contributed by atoms with E-state index in [1.54, 1.807) is 41.2 Å². The Morgan fingerprint density at radius 2 is 2.00 bits per heavy atom. The predicted molar refractivity (Wildman–Crippen MR) is 101 cm³/mol. The van der Waals surface area contributed by atoms with E-state index >= 15 is 0 Å². The van der Waals surface area contributed by atoms with Gasteiger partial charge in [-0.05, 0) is 30.3 Å². The molecule has 0 radical (unpaired) electrons. The maximum Gasteiger partial charge on any atom is 0.170 e. The lowest BCUT2D eigenvalue weighted by atomic mass is 10.1. The van der Waals surface area contributed by atoms with Crippen LogP contribution < -0.4 is 10.1 Å². The number of hydrogen-bond acceptors (Lipinski definition) is 5. The van der Waals surface area contributed by atoms with Crippen LogP contribution in [0.1, 0.15) is 11.3 Å². The molecule has 4 rings (SSSR count). The first kappa shape index (κ1) is 17.8. The van der Waals surface area contributed by atoms with Gasteiger partial charge in [0.1, 0.15) is 30.4 Å². The minimum Gasteiger partial charge on any atom is -0.496 e. The third kappa shape index (κ3) is 3.13. The molecule has 0 bridgehead atoms. The lowest BCUT2D eigenvalue weighted by molar-refractivity contribution is 0.405. The van der Waals surface area contributed by atoms with Gasteiger partial charge in [-0.1, -0.05) is 12.1 Å². The first-order chi connectivity index (χ1) is 13.7. The normalized spacial score (nSPS) is 11.0. The molecule has 28 heavy (non-hydrogen) atoms. The molecular weight excluding hydrogens is 364 g/mol. The number of rotatable bonds is 6. The molecule has 0 saturated heterocycles. The van der Waals surface area contributed by atoms with Gasteiger partial charge >= 0.3 is 0 Å². The van der Waals surface area contributed by atoms with E-state index in [4.69, 9.17) is 4.74 Å². The molecule has 4 aromatic rings. The Labute approximate surface area is 159 Å². The number of nitrogens with zero attached hydrogens (tertiary/aromatic N) is 4. The maximum atomic E-state index is 14.2. The highest BCUT2D eigenvalue weighted by Gasteiger charge is 2.15. The molecule has 3 heterocycles. The van der Waals surface area contributed by atoms with Crippen molar-refractivity contribution in [2.75, 3.05) is 12.4 Å². The van der Waals surface area contributed by atoms with Gasteiger partial charge in [-0.15, -0.1) is 10.2 Å². The van der Waals surface area contributed by atoms with Crippen LogP contribution in [-0.4, -0.2) is 26.7 Å². The second kappa shape index (κ2) is 7.59. The summed E-state index contributed by atoms with van der Waals surface area (Å²) in [5.74, 6) is 0.776. The second-order valence-electron chi connectivity index (χ2n) is 6.06. The highest BCUT2D eigenvalue weighted by Crippen LogP contribution is 2.29. The molecule has 1 aromatic carbocycles. The molecule has 3 aromatic heterocycles. The summed E-state index contributed by atoms with van der Waals surface area (Å²) in [6.07, 6.45) is 3.10. The standard InChI is InChI=1S/C20H17F2N5O/c1-28-18-6-2-5-16(22)15(18)11-24-19-8-7-14(20-26-25-12-27(19)20)13-4-3-9-23-17(13)10-21/h2-9,12,24H,10-11H2,1H3. The van der Waals surface area contributed by atoms with Crippen LogP contribution in [0.2, 0.25) is 0 Å². The van der Waals surface area contributed by atoms with Crippen LogP contribution in [0, 0.1) is 5.82 Å². The van der Waals surface area contributed by atoms with Gasteiger partial charge in [-0.2, -0.15) is 0 Å². The summed E-state index contributed by atoms with van der Waals surface area (Å²) in [6, 6.07) is 11.9. The van der Waals surface area contributed by atoms with Crippen molar-refractivity contribution in [3.8, 4) is 16.9 Å². The lowest BCUT2D eigenvalue weighted by Gasteiger charge is -2.14. The Morgan fingerprint density at radius 3 is 2.82 bits per heavy atom. The molecule has 0 spiro atoms. The lowest BCUT2D eigenvalue weighted by Crippen LogP contribution is -2.07. The van der Waals surface area contributed by atoms with Crippen LogP contribution in [-0.2, 0) is 13.2 Å². The molecule has 0 aliphatic heterocycles. The van der Waals surface area contributed by atoms with E-state index in [1.165, 1.54) is 13.2 Å². The quantitative estimate of drug-likeness (QED) is 0.547. The summed E-state index contributed by atoms with van der Waals surface area (Å²) >= 11 is 0. The third-order valence-corrected chi connectivity index (χ3v) is 4.51. The topological polar surface area (TPSA) is 64.3 Å². The van der Waals surface area contributed by atoms with Crippen LogP contribution in [0.3, 0.4) is 0 Å². The van der Waals surface area contributed by atoms with Gasteiger partial charge in [0.15, 0.2) is 5.65 Å². The molecule has 0 atom stereocenters. The molecule has 0 aliphatic carbocycles. The van der Waals surface area contributed by atoms with Gasteiger partial charge in [0, 0.05) is 29.4 Å². The smallest absolute Gasteiger partial charge is 0.170 e. The monoisotopic (exact) mass is 381 g/mol. The first-order valence-corrected chi connectivity index (χ1v) is 8.61. The van der Waals surface area contributed by atoms with E-state index in [9.17, 15) is 8.78 Å². The molecule has 0 saturated carbocycles. The summed E-state index contributed by atoms with van der Waals surface area (Å²) < 4.78 is 34.5. The Morgan fingerprint density at radius 1 is 1.11 bits per heavy atom. The van der Waals surface area contributed by atoms with E-state index in [0.717, 1.165) is 0 Å². The Hall–Kier alpha value is -3.55. The zero-order valence-corrected chi connectivity index (χ0v) is 15.1. The summed E-state index contributed by atoms with van der Waals surface area (Å²) in [6.45, 7) is -0.464. The number of nitrogens with one attached hydrogen (secondary N) is 1. The van der Waals surface area contributed by atoms with E-state index in [-0.39, 0.29) is 12.4 Å². The van der Waals surface area contributed by atoms with E-state index < -0.39 is 6.67 Å². The molecule has 142 valence electrons. The van der Waals surface area contributed by atoms with Crippen molar-refractivity contribution < 1.29 is 13.5 Å². The average Bonchev–Trinajstić information content (AvgIpc) is 3.22. The summed E-state index contributed by atoms with van der Waals surface area (Å²) in [5, 5.41) is 11.3. The number of benzene rings is 1. The zero-order valence-electron chi connectivity index (χ0n) is 15.1. The number of ether oxygens (including phenoxy) is 1. The van der Waals surface area contributed by atoms with E-state index in [2.05, 4.69) is 20.5 Å². The summed E-state index contributed by atoms with van der Waals surface area (Å²) in [5.41, 5.74) is 2.68. The minimum atomic E-state index is -0.677. The van der Waals surface area contributed by atoms with Crippen LogP contribution in [0.5, 0.6) is 5.75 Å².